The van der Waals surface area contributed by atoms with Gasteiger partial charge in [-0.25, -0.2) is 0 Å². The van der Waals surface area contributed by atoms with Crippen molar-refractivity contribution in [3.05, 3.63) is 0 Å². The van der Waals surface area contributed by atoms with Gasteiger partial charge in [-0.05, 0) is 26.7 Å². The van der Waals surface area contributed by atoms with Crippen molar-refractivity contribution in [2.75, 3.05) is 7.05 Å². The van der Waals surface area contributed by atoms with Crippen LogP contribution in [0.2, 0.25) is 0 Å². The standard InChI is InChI=1S/C10H19N3O2S/c1-8(2)13(3)16(14,15)12-10-6-4-5-9(10)7-11/h8-10,12H,4-6H2,1-3H3. The van der Waals surface area contributed by atoms with Crippen LogP contribution in [0.25, 0.3) is 0 Å². The largest absolute Gasteiger partial charge is 0.279 e. The van der Waals surface area contributed by atoms with Gasteiger partial charge in [0.25, 0.3) is 10.2 Å². The molecule has 0 bridgehead atoms. The van der Waals surface area contributed by atoms with E-state index in [2.05, 4.69) is 10.8 Å². The van der Waals surface area contributed by atoms with Crippen molar-refractivity contribution in [3.8, 4) is 6.07 Å². The number of hydrogen-bond donors (Lipinski definition) is 1. The lowest BCUT2D eigenvalue weighted by Crippen LogP contribution is -2.47. The maximum Gasteiger partial charge on any atom is 0.279 e. The molecule has 0 aliphatic heterocycles. The van der Waals surface area contributed by atoms with Crippen LogP contribution in [0.4, 0.5) is 0 Å². The molecule has 2 unspecified atom stereocenters. The topological polar surface area (TPSA) is 73.2 Å². The molecule has 0 amide bonds. The molecule has 0 spiro atoms. The van der Waals surface area contributed by atoms with Gasteiger partial charge in [-0.2, -0.15) is 22.7 Å². The molecule has 6 heteroatoms. The lowest BCUT2D eigenvalue weighted by atomic mass is 10.1. The zero-order chi connectivity index (χ0) is 12.3. The molecule has 1 N–H and O–H groups in total. The second-order valence-electron chi connectivity index (χ2n) is 4.51. The van der Waals surface area contributed by atoms with Crippen LogP contribution in [0, 0.1) is 17.2 Å². The molecule has 1 saturated carbocycles. The summed E-state index contributed by atoms with van der Waals surface area (Å²) < 4.78 is 27.7. The fourth-order valence-corrected chi connectivity index (χ4v) is 3.19. The van der Waals surface area contributed by atoms with Gasteiger partial charge in [0.1, 0.15) is 0 Å². The van der Waals surface area contributed by atoms with Crippen molar-refractivity contribution in [1.82, 2.24) is 9.03 Å². The Morgan fingerprint density at radius 2 is 2.06 bits per heavy atom. The van der Waals surface area contributed by atoms with E-state index < -0.39 is 10.2 Å². The summed E-state index contributed by atoms with van der Waals surface area (Å²) in [5, 5.41) is 8.88. The van der Waals surface area contributed by atoms with E-state index in [0.717, 1.165) is 19.3 Å². The molecule has 0 saturated heterocycles. The number of hydrogen-bond acceptors (Lipinski definition) is 3. The van der Waals surface area contributed by atoms with E-state index in [1.54, 1.807) is 7.05 Å². The average Bonchev–Trinajstić information content (AvgIpc) is 2.63. The van der Waals surface area contributed by atoms with Crippen molar-refractivity contribution in [2.24, 2.45) is 5.92 Å². The first-order valence-electron chi connectivity index (χ1n) is 5.53. The Morgan fingerprint density at radius 1 is 1.44 bits per heavy atom. The monoisotopic (exact) mass is 245 g/mol. The predicted octanol–water partition coefficient (Wildman–Crippen LogP) is 0.853. The van der Waals surface area contributed by atoms with E-state index in [0.29, 0.717) is 0 Å². The maximum atomic E-state index is 11.9. The van der Waals surface area contributed by atoms with Crippen molar-refractivity contribution in [2.45, 2.75) is 45.2 Å². The molecule has 5 nitrogen and oxygen atoms in total. The SMILES string of the molecule is CC(C)N(C)S(=O)(=O)NC1CCCC1C#N. The van der Waals surface area contributed by atoms with Crippen molar-refractivity contribution < 1.29 is 8.42 Å². The van der Waals surface area contributed by atoms with Crippen molar-refractivity contribution in [3.63, 3.8) is 0 Å². The van der Waals surface area contributed by atoms with E-state index >= 15 is 0 Å². The average molecular weight is 245 g/mol. The minimum atomic E-state index is -3.45. The zero-order valence-electron chi connectivity index (χ0n) is 9.97. The highest BCUT2D eigenvalue weighted by molar-refractivity contribution is 7.87. The molecule has 1 aliphatic carbocycles. The first-order chi connectivity index (χ1) is 7.38. The van der Waals surface area contributed by atoms with Crippen LogP contribution >= 0.6 is 0 Å². The van der Waals surface area contributed by atoms with E-state index in [-0.39, 0.29) is 18.0 Å². The summed E-state index contributed by atoms with van der Waals surface area (Å²) in [6.07, 6.45) is 2.45. The lowest BCUT2D eigenvalue weighted by molar-refractivity contribution is 0.391. The third-order valence-corrected chi connectivity index (χ3v) is 4.87. The van der Waals surface area contributed by atoms with E-state index in [9.17, 15) is 8.42 Å². The Hall–Kier alpha value is -0.640. The lowest BCUT2D eigenvalue weighted by Gasteiger charge is -2.24. The molecule has 0 aromatic carbocycles. The Morgan fingerprint density at radius 3 is 2.56 bits per heavy atom. The van der Waals surface area contributed by atoms with Gasteiger partial charge in [0.2, 0.25) is 0 Å². The summed E-state index contributed by atoms with van der Waals surface area (Å²) in [5.74, 6) is -0.185. The number of nitrogens with one attached hydrogen (secondary N) is 1. The molecule has 1 rings (SSSR count). The second kappa shape index (κ2) is 5.13. The first kappa shape index (κ1) is 13.4. The van der Waals surface area contributed by atoms with Crippen molar-refractivity contribution >= 4 is 10.2 Å². The zero-order valence-corrected chi connectivity index (χ0v) is 10.8. The van der Waals surface area contributed by atoms with Gasteiger partial charge >= 0.3 is 0 Å². The van der Waals surface area contributed by atoms with Crippen LogP contribution in [0.3, 0.4) is 0 Å². The van der Waals surface area contributed by atoms with Crippen molar-refractivity contribution in [1.29, 1.82) is 5.26 Å². The van der Waals surface area contributed by atoms with Crippen LogP contribution in [0.15, 0.2) is 0 Å². The fraction of sp³-hybridized carbons (Fsp3) is 0.900. The molecule has 2 atom stereocenters. The molecular weight excluding hydrogens is 226 g/mol. The molecule has 0 heterocycles. The van der Waals surface area contributed by atoms with Crippen LogP contribution in [-0.4, -0.2) is 31.9 Å². The van der Waals surface area contributed by atoms with Gasteiger partial charge < -0.3 is 0 Å². The molecule has 16 heavy (non-hydrogen) atoms. The summed E-state index contributed by atoms with van der Waals surface area (Å²) in [7, 11) is -1.91. The van der Waals surface area contributed by atoms with Crippen LogP contribution in [0.5, 0.6) is 0 Å². The summed E-state index contributed by atoms with van der Waals surface area (Å²) in [4.78, 5) is 0. The minimum Gasteiger partial charge on any atom is -0.198 e. The molecule has 0 radical (unpaired) electrons. The maximum absolute atomic E-state index is 11.9. The van der Waals surface area contributed by atoms with Gasteiger partial charge in [0, 0.05) is 19.1 Å². The molecule has 0 aromatic heterocycles. The number of nitrogens with zero attached hydrogens (tertiary/aromatic N) is 2. The van der Waals surface area contributed by atoms with Crippen LogP contribution < -0.4 is 4.72 Å². The molecular formula is C10H19N3O2S. The number of rotatable bonds is 4. The highest BCUT2D eigenvalue weighted by atomic mass is 32.2. The van der Waals surface area contributed by atoms with E-state index in [1.165, 1.54) is 4.31 Å². The minimum absolute atomic E-state index is 0.0839. The molecule has 0 aromatic rings. The third-order valence-electron chi connectivity index (χ3n) is 3.09. The second-order valence-corrected chi connectivity index (χ2v) is 6.27. The van der Waals surface area contributed by atoms with Crippen LogP contribution in [-0.2, 0) is 10.2 Å². The van der Waals surface area contributed by atoms with Gasteiger partial charge in [-0.15, -0.1) is 0 Å². The third kappa shape index (κ3) is 2.94. The Balaban J connectivity index is 2.70. The Kier molecular flexibility index (Phi) is 4.30. The highest BCUT2D eigenvalue weighted by Crippen LogP contribution is 2.25. The van der Waals surface area contributed by atoms with Gasteiger partial charge in [-0.1, -0.05) is 6.42 Å². The quantitative estimate of drug-likeness (QED) is 0.798. The smallest absolute Gasteiger partial charge is 0.198 e. The summed E-state index contributed by atoms with van der Waals surface area (Å²) >= 11 is 0. The van der Waals surface area contributed by atoms with E-state index in [4.69, 9.17) is 5.26 Å². The molecule has 92 valence electrons. The van der Waals surface area contributed by atoms with Gasteiger partial charge in [0.05, 0.1) is 12.0 Å². The first-order valence-corrected chi connectivity index (χ1v) is 6.97. The van der Waals surface area contributed by atoms with Gasteiger partial charge in [-0.3, -0.25) is 0 Å². The highest BCUT2D eigenvalue weighted by Gasteiger charge is 2.32. The van der Waals surface area contributed by atoms with Gasteiger partial charge in [0.15, 0.2) is 0 Å². The summed E-state index contributed by atoms with van der Waals surface area (Å²) in [6, 6.07) is 1.85. The van der Waals surface area contributed by atoms with E-state index in [1.807, 2.05) is 13.8 Å². The Bertz CT molecular complexity index is 372. The Labute approximate surface area is 97.6 Å². The normalized spacial score (nSPS) is 26.2. The predicted molar refractivity (Wildman–Crippen MR) is 61.7 cm³/mol. The fourth-order valence-electron chi connectivity index (χ4n) is 1.81. The summed E-state index contributed by atoms with van der Waals surface area (Å²) in [5.41, 5.74) is 0. The summed E-state index contributed by atoms with van der Waals surface area (Å²) in [6.45, 7) is 3.63. The number of nitriles is 1. The molecule has 1 fully saturated rings. The van der Waals surface area contributed by atoms with Crippen LogP contribution in [0.1, 0.15) is 33.1 Å². The molecule has 1 aliphatic rings.